The summed E-state index contributed by atoms with van der Waals surface area (Å²) >= 11 is 0. The molecule has 2 aromatic carbocycles. The van der Waals surface area contributed by atoms with Crippen LogP contribution in [0.15, 0.2) is 48.5 Å². The molecule has 122 valence electrons. The van der Waals surface area contributed by atoms with Crippen LogP contribution in [-0.4, -0.2) is 27.3 Å². The minimum Gasteiger partial charge on any atom is -0.497 e. The van der Waals surface area contributed by atoms with Gasteiger partial charge in [-0.15, -0.1) is 0 Å². The Morgan fingerprint density at radius 3 is 2.71 bits per heavy atom. The van der Waals surface area contributed by atoms with Crippen molar-refractivity contribution in [1.82, 2.24) is 20.2 Å². The minimum absolute atomic E-state index is 0.0148. The van der Waals surface area contributed by atoms with E-state index < -0.39 is 0 Å². The highest BCUT2D eigenvalue weighted by atomic mass is 19.1. The topological polar surface area (TPSA) is 64.9 Å². The maximum atomic E-state index is 14.3. The molecule has 0 aliphatic carbocycles. The van der Waals surface area contributed by atoms with Gasteiger partial charge < -0.3 is 10.1 Å². The molecule has 2 heterocycles. The fourth-order valence-corrected chi connectivity index (χ4v) is 3.10. The largest absolute Gasteiger partial charge is 0.497 e. The van der Waals surface area contributed by atoms with Crippen LogP contribution in [0.3, 0.4) is 0 Å². The summed E-state index contributed by atoms with van der Waals surface area (Å²) < 4.78 is 21.1. The van der Waals surface area contributed by atoms with Gasteiger partial charge in [-0.2, -0.15) is 0 Å². The van der Waals surface area contributed by atoms with Gasteiger partial charge in [0.2, 0.25) is 5.95 Å². The Balaban J connectivity index is 1.72. The molecule has 0 radical (unpaired) electrons. The van der Waals surface area contributed by atoms with Crippen molar-refractivity contribution in [3.63, 3.8) is 0 Å². The highest BCUT2D eigenvalue weighted by Gasteiger charge is 2.31. The molecule has 2 unspecified atom stereocenters. The van der Waals surface area contributed by atoms with Crippen molar-refractivity contribution in [2.24, 2.45) is 0 Å². The molecule has 0 amide bonds. The molecule has 7 heteroatoms. The molecule has 6 nitrogen and oxygen atoms in total. The van der Waals surface area contributed by atoms with Gasteiger partial charge in [0.25, 0.3) is 0 Å². The molecule has 0 fully saturated rings. The van der Waals surface area contributed by atoms with E-state index in [1.165, 1.54) is 6.07 Å². The summed E-state index contributed by atoms with van der Waals surface area (Å²) in [5.41, 5.74) is 1.66. The lowest BCUT2D eigenvalue weighted by Gasteiger charge is -2.31. The van der Waals surface area contributed by atoms with E-state index in [-0.39, 0.29) is 17.9 Å². The van der Waals surface area contributed by atoms with Crippen molar-refractivity contribution in [3.8, 4) is 5.75 Å². The van der Waals surface area contributed by atoms with E-state index in [0.29, 0.717) is 17.9 Å². The number of tetrazole rings is 1. The summed E-state index contributed by atoms with van der Waals surface area (Å²) in [6.07, 6.45) is 0.644. The molecule has 1 aliphatic heterocycles. The van der Waals surface area contributed by atoms with Crippen LogP contribution in [-0.2, 0) is 0 Å². The van der Waals surface area contributed by atoms with Crippen LogP contribution < -0.4 is 10.1 Å². The molecule has 1 N–H and O–H groups in total. The molecule has 0 bridgehead atoms. The molecule has 3 aromatic rings. The van der Waals surface area contributed by atoms with Crippen LogP contribution in [0.5, 0.6) is 5.75 Å². The summed E-state index contributed by atoms with van der Waals surface area (Å²) in [5, 5.41) is 15.1. The smallest absolute Gasteiger partial charge is 0.243 e. The zero-order chi connectivity index (χ0) is 16.5. The Labute approximate surface area is 138 Å². The first-order valence-electron chi connectivity index (χ1n) is 7.69. The summed E-state index contributed by atoms with van der Waals surface area (Å²) in [5.74, 6) is 1.08. The molecule has 24 heavy (non-hydrogen) atoms. The van der Waals surface area contributed by atoms with Gasteiger partial charge in [-0.3, -0.25) is 0 Å². The molecule has 0 saturated heterocycles. The number of aromatic nitrogens is 4. The fourth-order valence-electron chi connectivity index (χ4n) is 3.10. The van der Waals surface area contributed by atoms with E-state index in [4.69, 9.17) is 4.74 Å². The number of ether oxygens (including phenoxy) is 1. The van der Waals surface area contributed by atoms with Crippen molar-refractivity contribution < 1.29 is 9.13 Å². The van der Waals surface area contributed by atoms with E-state index in [2.05, 4.69) is 20.8 Å². The number of anilines is 1. The van der Waals surface area contributed by atoms with E-state index in [9.17, 15) is 4.39 Å². The van der Waals surface area contributed by atoms with Gasteiger partial charge in [-0.05, 0) is 40.6 Å². The predicted octanol–water partition coefficient (Wildman–Crippen LogP) is 2.97. The van der Waals surface area contributed by atoms with Crippen molar-refractivity contribution in [1.29, 1.82) is 0 Å². The standard InChI is InChI=1S/C17H16FN5O/c1-24-12-8-6-11(7-9-12)15-10-16(13-4-2-3-5-14(13)18)23-17(19-15)20-21-22-23/h2-9,15-16H,10H2,1H3,(H,19,20,22). The second-order valence-corrected chi connectivity index (χ2v) is 5.69. The zero-order valence-electron chi connectivity index (χ0n) is 13.1. The highest BCUT2D eigenvalue weighted by molar-refractivity contribution is 5.39. The van der Waals surface area contributed by atoms with Crippen LogP contribution in [0.4, 0.5) is 10.3 Å². The molecule has 2 atom stereocenters. The third-order valence-electron chi connectivity index (χ3n) is 4.33. The Morgan fingerprint density at radius 1 is 1.17 bits per heavy atom. The fraction of sp³-hybridized carbons (Fsp3) is 0.235. The maximum Gasteiger partial charge on any atom is 0.243 e. The SMILES string of the molecule is COc1ccc(C2CC(c3ccccc3F)n3nnnc3N2)cc1. The average molecular weight is 325 g/mol. The number of fused-ring (bicyclic) bond motifs is 1. The first-order valence-corrected chi connectivity index (χ1v) is 7.69. The third-order valence-corrected chi connectivity index (χ3v) is 4.33. The van der Waals surface area contributed by atoms with E-state index in [0.717, 1.165) is 11.3 Å². The summed E-state index contributed by atoms with van der Waals surface area (Å²) in [4.78, 5) is 0. The number of methoxy groups -OCH3 is 1. The van der Waals surface area contributed by atoms with E-state index in [1.54, 1.807) is 23.9 Å². The van der Waals surface area contributed by atoms with Crippen LogP contribution in [0.1, 0.15) is 29.6 Å². The van der Waals surface area contributed by atoms with Crippen molar-refractivity contribution in [3.05, 3.63) is 65.5 Å². The maximum absolute atomic E-state index is 14.3. The normalized spacial score (nSPS) is 19.4. The lowest BCUT2D eigenvalue weighted by molar-refractivity contribution is 0.406. The Bertz CT molecular complexity index is 848. The average Bonchev–Trinajstić information content (AvgIpc) is 3.10. The molecular formula is C17H16FN5O. The molecule has 0 spiro atoms. The number of hydrogen-bond donors (Lipinski definition) is 1. The van der Waals surface area contributed by atoms with Crippen LogP contribution in [0, 0.1) is 5.82 Å². The van der Waals surface area contributed by atoms with Crippen molar-refractivity contribution >= 4 is 5.95 Å². The van der Waals surface area contributed by atoms with Gasteiger partial charge in [0.15, 0.2) is 0 Å². The van der Waals surface area contributed by atoms with Gasteiger partial charge in [0, 0.05) is 5.56 Å². The quantitative estimate of drug-likeness (QED) is 0.802. The van der Waals surface area contributed by atoms with Crippen LogP contribution in [0.25, 0.3) is 0 Å². The Morgan fingerprint density at radius 2 is 1.96 bits per heavy atom. The van der Waals surface area contributed by atoms with Crippen molar-refractivity contribution in [2.45, 2.75) is 18.5 Å². The predicted molar refractivity (Wildman–Crippen MR) is 86.3 cm³/mol. The lowest BCUT2D eigenvalue weighted by atomic mass is 9.93. The van der Waals surface area contributed by atoms with E-state index in [1.807, 2.05) is 30.3 Å². The number of nitrogens with one attached hydrogen (secondary N) is 1. The van der Waals surface area contributed by atoms with Gasteiger partial charge in [-0.1, -0.05) is 35.4 Å². The molecule has 1 aliphatic rings. The minimum atomic E-state index is -0.260. The Hall–Kier alpha value is -2.96. The van der Waals surface area contributed by atoms with Gasteiger partial charge in [0.05, 0.1) is 19.2 Å². The number of hydrogen-bond acceptors (Lipinski definition) is 5. The number of benzene rings is 2. The van der Waals surface area contributed by atoms with Gasteiger partial charge in [0.1, 0.15) is 11.6 Å². The molecule has 0 saturated carbocycles. The lowest BCUT2D eigenvalue weighted by Crippen LogP contribution is -2.28. The zero-order valence-corrected chi connectivity index (χ0v) is 13.1. The monoisotopic (exact) mass is 325 g/mol. The van der Waals surface area contributed by atoms with E-state index >= 15 is 0 Å². The van der Waals surface area contributed by atoms with Crippen molar-refractivity contribution in [2.75, 3.05) is 12.4 Å². The van der Waals surface area contributed by atoms with Gasteiger partial charge >= 0.3 is 0 Å². The molecular weight excluding hydrogens is 309 g/mol. The van der Waals surface area contributed by atoms with Gasteiger partial charge in [-0.25, -0.2) is 9.07 Å². The van der Waals surface area contributed by atoms with Crippen LogP contribution >= 0.6 is 0 Å². The molecule has 4 rings (SSSR count). The first-order chi connectivity index (χ1) is 11.8. The number of nitrogens with zero attached hydrogens (tertiary/aromatic N) is 4. The first kappa shape index (κ1) is 14.6. The Kier molecular flexibility index (Phi) is 3.60. The number of halogens is 1. The van der Waals surface area contributed by atoms with Crippen LogP contribution in [0.2, 0.25) is 0 Å². The highest BCUT2D eigenvalue weighted by Crippen LogP contribution is 2.38. The number of rotatable bonds is 3. The second-order valence-electron chi connectivity index (χ2n) is 5.69. The summed E-state index contributed by atoms with van der Waals surface area (Å²) in [6.45, 7) is 0. The second kappa shape index (κ2) is 5.92. The summed E-state index contributed by atoms with van der Waals surface area (Å²) in [7, 11) is 1.64. The molecule has 1 aromatic heterocycles. The summed E-state index contributed by atoms with van der Waals surface area (Å²) in [6, 6.07) is 14.3. The third kappa shape index (κ3) is 2.47.